The standard InChI is InChI=1S/C17H14F3N5O3/c1-2-13(16(26)27)25-23-15(22-24-25)10-3-6-12(7-4-10)28-14-8-5-11(9-21-14)17(18,19)20/h3-9,13H,2H2,1H3,(H,26,27). The molecule has 1 unspecified atom stereocenters. The second-order valence-corrected chi connectivity index (χ2v) is 5.71. The van der Waals surface area contributed by atoms with E-state index in [1.807, 2.05) is 0 Å². The first kappa shape index (κ1) is 19.3. The van der Waals surface area contributed by atoms with Crippen molar-refractivity contribution in [1.29, 1.82) is 0 Å². The molecule has 0 fully saturated rings. The van der Waals surface area contributed by atoms with Gasteiger partial charge in [0.1, 0.15) is 5.75 Å². The minimum Gasteiger partial charge on any atom is -0.480 e. The summed E-state index contributed by atoms with van der Waals surface area (Å²) in [5, 5.41) is 20.8. The van der Waals surface area contributed by atoms with Crippen molar-refractivity contribution in [3.8, 4) is 23.0 Å². The molecule has 146 valence electrons. The molecule has 0 aliphatic carbocycles. The Balaban J connectivity index is 1.72. The Morgan fingerprint density at radius 3 is 2.46 bits per heavy atom. The third-order valence-corrected chi connectivity index (χ3v) is 3.78. The molecular formula is C17H14F3N5O3. The zero-order valence-electron chi connectivity index (χ0n) is 14.5. The molecule has 2 aromatic heterocycles. The number of carboxylic acids is 1. The molecule has 0 amide bonds. The number of tetrazole rings is 1. The highest BCUT2D eigenvalue weighted by Crippen LogP contribution is 2.30. The van der Waals surface area contributed by atoms with Gasteiger partial charge >= 0.3 is 12.1 Å². The van der Waals surface area contributed by atoms with E-state index in [9.17, 15) is 18.0 Å². The van der Waals surface area contributed by atoms with E-state index >= 15 is 0 Å². The molecular weight excluding hydrogens is 379 g/mol. The number of benzene rings is 1. The van der Waals surface area contributed by atoms with Crippen LogP contribution >= 0.6 is 0 Å². The normalized spacial score (nSPS) is 12.6. The predicted octanol–water partition coefficient (Wildman–Crippen LogP) is 3.58. The summed E-state index contributed by atoms with van der Waals surface area (Å²) >= 11 is 0. The smallest absolute Gasteiger partial charge is 0.417 e. The van der Waals surface area contributed by atoms with Gasteiger partial charge < -0.3 is 9.84 Å². The summed E-state index contributed by atoms with van der Waals surface area (Å²) in [5.41, 5.74) is -0.296. The number of hydrogen-bond acceptors (Lipinski definition) is 6. The number of aliphatic carboxylic acids is 1. The van der Waals surface area contributed by atoms with Crippen molar-refractivity contribution in [2.75, 3.05) is 0 Å². The summed E-state index contributed by atoms with van der Waals surface area (Å²) in [7, 11) is 0. The van der Waals surface area contributed by atoms with E-state index in [0.29, 0.717) is 23.9 Å². The Hall–Kier alpha value is -3.50. The summed E-state index contributed by atoms with van der Waals surface area (Å²) < 4.78 is 43.0. The number of rotatable bonds is 6. The molecule has 0 spiro atoms. The lowest BCUT2D eigenvalue weighted by Gasteiger charge is -2.08. The summed E-state index contributed by atoms with van der Waals surface area (Å²) in [6.45, 7) is 1.70. The zero-order chi connectivity index (χ0) is 20.3. The topological polar surface area (TPSA) is 103 Å². The van der Waals surface area contributed by atoms with Gasteiger partial charge in [-0.2, -0.15) is 13.2 Å². The van der Waals surface area contributed by atoms with Crippen molar-refractivity contribution in [2.45, 2.75) is 25.6 Å². The first-order valence-corrected chi connectivity index (χ1v) is 8.11. The van der Waals surface area contributed by atoms with Gasteiger partial charge in [0.15, 0.2) is 6.04 Å². The van der Waals surface area contributed by atoms with Crippen LogP contribution in [0.3, 0.4) is 0 Å². The number of aromatic nitrogens is 5. The molecule has 0 aliphatic heterocycles. The van der Waals surface area contributed by atoms with Gasteiger partial charge in [0.05, 0.1) is 5.56 Å². The average molecular weight is 393 g/mol. The molecule has 3 rings (SSSR count). The number of hydrogen-bond donors (Lipinski definition) is 1. The van der Waals surface area contributed by atoms with Gasteiger partial charge in [-0.15, -0.1) is 15.0 Å². The van der Waals surface area contributed by atoms with Crippen molar-refractivity contribution >= 4 is 5.97 Å². The van der Waals surface area contributed by atoms with E-state index < -0.39 is 23.8 Å². The number of halogens is 3. The van der Waals surface area contributed by atoms with Crippen molar-refractivity contribution < 1.29 is 27.8 Å². The minimum atomic E-state index is -4.46. The number of carboxylic acid groups (broad SMARTS) is 1. The molecule has 0 radical (unpaired) electrons. The maximum atomic E-state index is 12.5. The Bertz CT molecular complexity index is 955. The minimum absolute atomic E-state index is 0.0112. The molecule has 1 atom stereocenters. The van der Waals surface area contributed by atoms with Crippen LogP contribution in [-0.2, 0) is 11.0 Å². The Labute approximate surface area is 156 Å². The summed E-state index contributed by atoms with van der Waals surface area (Å²) in [5.74, 6) is -0.462. The number of carbonyl (C=O) groups is 1. The zero-order valence-corrected chi connectivity index (χ0v) is 14.5. The van der Waals surface area contributed by atoms with E-state index in [0.717, 1.165) is 16.9 Å². The number of pyridine rings is 1. The molecule has 2 heterocycles. The van der Waals surface area contributed by atoms with Gasteiger partial charge in [-0.05, 0) is 42.0 Å². The highest BCUT2D eigenvalue weighted by molar-refractivity contribution is 5.71. The van der Waals surface area contributed by atoms with E-state index in [1.54, 1.807) is 31.2 Å². The summed E-state index contributed by atoms with van der Waals surface area (Å²) in [6.07, 6.45) is -3.47. The lowest BCUT2D eigenvalue weighted by Crippen LogP contribution is -2.20. The summed E-state index contributed by atoms with van der Waals surface area (Å²) in [4.78, 5) is 15.8. The van der Waals surface area contributed by atoms with Crippen LogP contribution in [0.25, 0.3) is 11.4 Å². The molecule has 3 aromatic rings. The highest BCUT2D eigenvalue weighted by atomic mass is 19.4. The van der Waals surface area contributed by atoms with Crippen molar-refractivity contribution in [2.24, 2.45) is 0 Å². The number of nitrogens with zero attached hydrogens (tertiary/aromatic N) is 5. The van der Waals surface area contributed by atoms with Crippen LogP contribution in [0, 0.1) is 0 Å². The highest BCUT2D eigenvalue weighted by Gasteiger charge is 2.30. The lowest BCUT2D eigenvalue weighted by atomic mass is 10.2. The fourth-order valence-corrected chi connectivity index (χ4v) is 2.31. The molecule has 0 saturated heterocycles. The largest absolute Gasteiger partial charge is 0.480 e. The molecule has 1 N–H and O–H groups in total. The fourth-order valence-electron chi connectivity index (χ4n) is 2.31. The molecule has 8 nitrogen and oxygen atoms in total. The van der Waals surface area contributed by atoms with Gasteiger partial charge in [-0.25, -0.2) is 9.78 Å². The Morgan fingerprint density at radius 2 is 1.93 bits per heavy atom. The summed E-state index contributed by atoms with van der Waals surface area (Å²) in [6, 6.07) is 7.44. The van der Waals surface area contributed by atoms with Gasteiger partial charge in [0.25, 0.3) is 0 Å². The van der Waals surface area contributed by atoms with Gasteiger partial charge in [-0.1, -0.05) is 6.92 Å². The lowest BCUT2D eigenvalue weighted by molar-refractivity contribution is -0.141. The Morgan fingerprint density at radius 1 is 1.21 bits per heavy atom. The SMILES string of the molecule is CCC(C(=O)O)n1nnc(-c2ccc(Oc3ccc(C(F)(F)F)cn3)cc2)n1. The van der Waals surface area contributed by atoms with Gasteiger partial charge in [0, 0.05) is 17.8 Å². The third-order valence-electron chi connectivity index (χ3n) is 3.78. The van der Waals surface area contributed by atoms with E-state index in [2.05, 4.69) is 20.4 Å². The molecule has 0 aliphatic rings. The second kappa shape index (κ2) is 7.62. The molecule has 1 aromatic carbocycles. The van der Waals surface area contributed by atoms with Crippen LogP contribution in [-0.4, -0.2) is 36.3 Å². The maximum absolute atomic E-state index is 12.5. The molecule has 11 heteroatoms. The third kappa shape index (κ3) is 4.24. The van der Waals surface area contributed by atoms with Crippen molar-refractivity contribution in [3.63, 3.8) is 0 Å². The first-order valence-electron chi connectivity index (χ1n) is 8.11. The van der Waals surface area contributed by atoms with Crippen LogP contribution in [0.1, 0.15) is 24.9 Å². The molecule has 0 saturated carbocycles. The molecule has 28 heavy (non-hydrogen) atoms. The average Bonchev–Trinajstić information content (AvgIpc) is 3.12. The number of ether oxygens (including phenoxy) is 1. The van der Waals surface area contributed by atoms with Crippen LogP contribution < -0.4 is 4.74 Å². The first-order chi connectivity index (χ1) is 13.3. The molecule has 0 bridgehead atoms. The number of alkyl halides is 3. The second-order valence-electron chi connectivity index (χ2n) is 5.71. The van der Waals surface area contributed by atoms with Crippen LogP contribution in [0.4, 0.5) is 13.2 Å². The van der Waals surface area contributed by atoms with Crippen LogP contribution in [0.2, 0.25) is 0 Å². The van der Waals surface area contributed by atoms with E-state index in [-0.39, 0.29) is 11.7 Å². The van der Waals surface area contributed by atoms with Gasteiger partial charge in [0.2, 0.25) is 11.7 Å². The Kier molecular flexibility index (Phi) is 5.25. The van der Waals surface area contributed by atoms with Crippen LogP contribution in [0.15, 0.2) is 42.6 Å². The predicted molar refractivity (Wildman–Crippen MR) is 89.5 cm³/mol. The van der Waals surface area contributed by atoms with Crippen molar-refractivity contribution in [3.05, 3.63) is 48.2 Å². The van der Waals surface area contributed by atoms with Crippen molar-refractivity contribution in [1.82, 2.24) is 25.2 Å². The monoisotopic (exact) mass is 393 g/mol. The van der Waals surface area contributed by atoms with Gasteiger partial charge in [-0.3, -0.25) is 0 Å². The quantitative estimate of drug-likeness (QED) is 0.683. The van der Waals surface area contributed by atoms with E-state index in [1.165, 1.54) is 0 Å². The maximum Gasteiger partial charge on any atom is 0.417 e. The van der Waals surface area contributed by atoms with E-state index in [4.69, 9.17) is 9.84 Å². The van der Waals surface area contributed by atoms with Crippen LogP contribution in [0.5, 0.6) is 11.6 Å². The fraction of sp³-hybridized carbons (Fsp3) is 0.235.